The lowest BCUT2D eigenvalue weighted by molar-refractivity contribution is -0.179. The normalized spacial score (nSPS) is 17.6. The summed E-state index contributed by atoms with van der Waals surface area (Å²) in [5, 5.41) is 0. The summed E-state index contributed by atoms with van der Waals surface area (Å²) in [5.41, 5.74) is 0. The lowest BCUT2D eigenvalue weighted by atomic mass is 9.96. The fourth-order valence-corrected chi connectivity index (χ4v) is 2.79. The molecule has 1 saturated heterocycles. The number of hydrogen-bond donors (Lipinski definition) is 0. The van der Waals surface area contributed by atoms with Crippen molar-refractivity contribution in [1.82, 2.24) is 9.97 Å². The number of alkyl halides is 3. The molecule has 7 heteroatoms. The Morgan fingerprint density at radius 1 is 1.30 bits per heavy atom. The summed E-state index contributed by atoms with van der Waals surface area (Å²) >= 11 is 3.34. The van der Waals surface area contributed by atoms with E-state index in [9.17, 15) is 13.2 Å². The van der Waals surface area contributed by atoms with Crippen LogP contribution in [0.25, 0.3) is 0 Å². The number of halogens is 4. The van der Waals surface area contributed by atoms with Crippen molar-refractivity contribution in [2.45, 2.75) is 38.8 Å². The first-order chi connectivity index (χ1) is 9.40. The molecule has 0 bridgehead atoms. The number of aryl methyl sites for hydroxylation is 1. The van der Waals surface area contributed by atoms with Crippen LogP contribution in [-0.2, 0) is 6.42 Å². The van der Waals surface area contributed by atoms with Crippen LogP contribution in [0.1, 0.15) is 32.0 Å². The molecule has 0 aliphatic carbocycles. The molecule has 1 aliphatic heterocycles. The zero-order valence-corrected chi connectivity index (χ0v) is 12.8. The Hall–Kier alpha value is -0.850. The van der Waals surface area contributed by atoms with E-state index in [-0.39, 0.29) is 12.8 Å². The minimum atomic E-state index is -4.08. The molecule has 2 rings (SSSR count). The number of hydrogen-bond acceptors (Lipinski definition) is 3. The Morgan fingerprint density at radius 3 is 2.50 bits per heavy atom. The molecule has 20 heavy (non-hydrogen) atoms. The molecule has 1 fully saturated rings. The van der Waals surface area contributed by atoms with Crippen molar-refractivity contribution in [1.29, 1.82) is 0 Å². The van der Waals surface area contributed by atoms with E-state index < -0.39 is 12.1 Å². The number of aromatic nitrogens is 2. The topological polar surface area (TPSA) is 29.0 Å². The maximum atomic E-state index is 12.6. The predicted octanol–water partition coefficient (Wildman–Crippen LogP) is 3.97. The molecule has 0 spiro atoms. The van der Waals surface area contributed by atoms with E-state index in [0.29, 0.717) is 17.7 Å². The first kappa shape index (κ1) is 15.5. The average Bonchev–Trinajstić information content (AvgIpc) is 2.37. The molecule has 0 N–H and O–H groups in total. The van der Waals surface area contributed by atoms with Crippen molar-refractivity contribution in [2.24, 2.45) is 5.92 Å². The van der Waals surface area contributed by atoms with Gasteiger partial charge in [0.25, 0.3) is 0 Å². The molecule has 112 valence electrons. The van der Waals surface area contributed by atoms with Gasteiger partial charge in [-0.3, -0.25) is 0 Å². The van der Waals surface area contributed by atoms with Gasteiger partial charge in [-0.25, -0.2) is 9.97 Å². The third-order valence-electron chi connectivity index (χ3n) is 3.48. The Kier molecular flexibility index (Phi) is 4.88. The van der Waals surface area contributed by atoms with Crippen LogP contribution in [0.4, 0.5) is 19.0 Å². The fraction of sp³-hybridized carbons (Fsp3) is 0.692. The van der Waals surface area contributed by atoms with Gasteiger partial charge in [-0.2, -0.15) is 13.2 Å². The Balaban J connectivity index is 2.07. The maximum absolute atomic E-state index is 12.6. The SMILES string of the molecule is CCCc1nc(Br)cc(N2CCC(C(F)(F)F)CC2)n1. The first-order valence-electron chi connectivity index (χ1n) is 6.75. The molecule has 0 aromatic carbocycles. The van der Waals surface area contributed by atoms with E-state index in [1.165, 1.54) is 0 Å². The number of piperidine rings is 1. The molecule has 0 amide bonds. The van der Waals surface area contributed by atoms with Gasteiger partial charge >= 0.3 is 6.18 Å². The molecule has 1 aromatic rings. The van der Waals surface area contributed by atoms with Gasteiger partial charge in [0.05, 0.1) is 5.92 Å². The summed E-state index contributed by atoms with van der Waals surface area (Å²) in [6.45, 7) is 2.82. The molecule has 0 saturated carbocycles. The van der Waals surface area contributed by atoms with E-state index in [1.807, 2.05) is 11.8 Å². The lowest BCUT2D eigenvalue weighted by Gasteiger charge is -2.33. The van der Waals surface area contributed by atoms with E-state index in [4.69, 9.17) is 0 Å². The van der Waals surface area contributed by atoms with Gasteiger partial charge in [0, 0.05) is 25.6 Å². The van der Waals surface area contributed by atoms with Gasteiger partial charge in [-0.05, 0) is 35.2 Å². The summed E-state index contributed by atoms with van der Waals surface area (Å²) < 4.78 is 38.6. The predicted molar refractivity (Wildman–Crippen MR) is 74.7 cm³/mol. The molecular weight excluding hydrogens is 335 g/mol. The molecule has 0 radical (unpaired) electrons. The van der Waals surface area contributed by atoms with Crippen molar-refractivity contribution in [3.8, 4) is 0 Å². The van der Waals surface area contributed by atoms with Gasteiger partial charge in [-0.15, -0.1) is 0 Å². The van der Waals surface area contributed by atoms with Gasteiger partial charge in [0.15, 0.2) is 0 Å². The molecule has 2 heterocycles. The summed E-state index contributed by atoms with van der Waals surface area (Å²) in [4.78, 5) is 10.6. The number of rotatable bonds is 3. The average molecular weight is 352 g/mol. The quantitative estimate of drug-likeness (QED) is 0.771. The Bertz CT molecular complexity index is 457. The second kappa shape index (κ2) is 6.28. The van der Waals surface area contributed by atoms with Gasteiger partial charge < -0.3 is 4.90 Å². The van der Waals surface area contributed by atoms with Gasteiger partial charge in [-0.1, -0.05) is 6.92 Å². The van der Waals surface area contributed by atoms with Crippen LogP contribution in [0.2, 0.25) is 0 Å². The summed E-state index contributed by atoms with van der Waals surface area (Å²) in [6, 6.07) is 1.77. The van der Waals surface area contributed by atoms with E-state index in [2.05, 4.69) is 25.9 Å². The third-order valence-corrected chi connectivity index (χ3v) is 3.89. The minimum Gasteiger partial charge on any atom is -0.356 e. The molecule has 0 unspecified atom stereocenters. The minimum absolute atomic E-state index is 0.133. The zero-order chi connectivity index (χ0) is 14.8. The van der Waals surface area contributed by atoms with Crippen molar-refractivity contribution in [3.63, 3.8) is 0 Å². The van der Waals surface area contributed by atoms with Crippen LogP contribution in [0.3, 0.4) is 0 Å². The van der Waals surface area contributed by atoms with Crippen LogP contribution >= 0.6 is 15.9 Å². The highest BCUT2D eigenvalue weighted by Gasteiger charge is 2.41. The molecule has 1 aromatic heterocycles. The first-order valence-corrected chi connectivity index (χ1v) is 7.54. The monoisotopic (exact) mass is 351 g/mol. The van der Waals surface area contributed by atoms with Crippen molar-refractivity contribution >= 4 is 21.7 Å². The number of nitrogens with zero attached hydrogens (tertiary/aromatic N) is 3. The van der Waals surface area contributed by atoms with Crippen molar-refractivity contribution in [3.05, 3.63) is 16.5 Å². The van der Waals surface area contributed by atoms with Crippen LogP contribution in [-0.4, -0.2) is 29.2 Å². The summed E-state index contributed by atoms with van der Waals surface area (Å²) in [5.74, 6) is 0.268. The molecule has 0 atom stereocenters. The molecule has 1 aliphatic rings. The molecule has 3 nitrogen and oxygen atoms in total. The summed E-state index contributed by atoms with van der Waals surface area (Å²) in [7, 11) is 0. The van der Waals surface area contributed by atoms with Crippen LogP contribution in [0, 0.1) is 5.92 Å². The van der Waals surface area contributed by atoms with Crippen LogP contribution in [0.5, 0.6) is 0 Å². The highest BCUT2D eigenvalue weighted by molar-refractivity contribution is 9.10. The lowest BCUT2D eigenvalue weighted by Crippen LogP contribution is -2.39. The highest BCUT2D eigenvalue weighted by atomic mass is 79.9. The van der Waals surface area contributed by atoms with Crippen LogP contribution < -0.4 is 4.90 Å². The third kappa shape index (κ3) is 3.84. The summed E-state index contributed by atoms with van der Waals surface area (Å²) in [6.07, 6.45) is -2.11. The second-order valence-corrected chi connectivity index (χ2v) is 5.83. The van der Waals surface area contributed by atoms with Crippen molar-refractivity contribution < 1.29 is 13.2 Å². The second-order valence-electron chi connectivity index (χ2n) is 5.02. The number of anilines is 1. The zero-order valence-electron chi connectivity index (χ0n) is 11.3. The van der Waals surface area contributed by atoms with Crippen LogP contribution in [0.15, 0.2) is 10.7 Å². The van der Waals surface area contributed by atoms with Gasteiger partial charge in [0.2, 0.25) is 0 Å². The molecular formula is C13H17BrF3N3. The van der Waals surface area contributed by atoms with Crippen molar-refractivity contribution in [2.75, 3.05) is 18.0 Å². The largest absolute Gasteiger partial charge is 0.391 e. The Morgan fingerprint density at radius 2 is 1.95 bits per heavy atom. The fourth-order valence-electron chi connectivity index (χ4n) is 2.38. The van der Waals surface area contributed by atoms with E-state index in [0.717, 1.165) is 24.5 Å². The smallest absolute Gasteiger partial charge is 0.356 e. The van der Waals surface area contributed by atoms with E-state index >= 15 is 0 Å². The Labute approximate surface area is 124 Å². The standard InChI is InChI=1S/C13H17BrF3N3/c1-2-3-11-18-10(14)8-12(19-11)20-6-4-9(5-7-20)13(15,16)17/h8-9H,2-7H2,1H3. The van der Waals surface area contributed by atoms with Gasteiger partial charge in [0.1, 0.15) is 16.2 Å². The van der Waals surface area contributed by atoms with E-state index in [1.54, 1.807) is 6.07 Å². The highest BCUT2D eigenvalue weighted by Crippen LogP contribution is 2.35. The maximum Gasteiger partial charge on any atom is 0.391 e.